The first-order valence-electron chi connectivity index (χ1n) is 7.65. The number of rotatable bonds is 4. The highest BCUT2D eigenvalue weighted by Gasteiger charge is 2.24. The van der Waals surface area contributed by atoms with Crippen molar-refractivity contribution in [1.29, 1.82) is 0 Å². The van der Waals surface area contributed by atoms with E-state index in [0.717, 1.165) is 42.6 Å². The molecule has 1 aromatic rings. The third-order valence-electron chi connectivity index (χ3n) is 4.03. The van der Waals surface area contributed by atoms with Gasteiger partial charge in [-0.2, -0.15) is 0 Å². The fourth-order valence-corrected chi connectivity index (χ4v) is 3.06. The Morgan fingerprint density at radius 2 is 1.86 bits per heavy atom. The van der Waals surface area contributed by atoms with Gasteiger partial charge in [0, 0.05) is 0 Å². The molecule has 0 aliphatic heterocycles. The molecule has 0 radical (unpaired) electrons. The molecule has 0 bridgehead atoms. The van der Waals surface area contributed by atoms with Gasteiger partial charge in [0.15, 0.2) is 6.61 Å². The average Bonchev–Trinajstić information content (AvgIpc) is 2.40. The van der Waals surface area contributed by atoms with Crippen molar-refractivity contribution in [1.82, 2.24) is 5.32 Å². The van der Waals surface area contributed by atoms with Crippen LogP contribution in [0.15, 0.2) is 12.1 Å². The van der Waals surface area contributed by atoms with Gasteiger partial charge in [0.25, 0.3) is 5.91 Å². The molecule has 0 aromatic heterocycles. The van der Waals surface area contributed by atoms with Gasteiger partial charge in [0.1, 0.15) is 5.75 Å². The topological polar surface area (TPSA) is 58.6 Å². The molecule has 21 heavy (non-hydrogen) atoms. The fraction of sp³-hybridized carbons (Fsp3) is 0.588. The zero-order chi connectivity index (χ0) is 15.4. The second-order valence-electron chi connectivity index (χ2n) is 6.04. The lowest BCUT2D eigenvalue weighted by Crippen LogP contribution is -2.46. The predicted octanol–water partition coefficient (Wildman–Crippen LogP) is 2.41. The van der Waals surface area contributed by atoms with Gasteiger partial charge >= 0.3 is 0 Å². The summed E-state index contributed by atoms with van der Waals surface area (Å²) in [7, 11) is 0. The average molecular weight is 291 g/mol. The van der Waals surface area contributed by atoms with Crippen LogP contribution in [-0.2, 0) is 4.79 Å². The first kappa shape index (κ1) is 15.8. The minimum Gasteiger partial charge on any atom is -0.483 e. The molecule has 4 nitrogen and oxygen atoms in total. The Morgan fingerprint density at radius 3 is 2.48 bits per heavy atom. The van der Waals surface area contributed by atoms with E-state index >= 15 is 0 Å². The maximum absolute atomic E-state index is 12.0. The highest BCUT2D eigenvalue weighted by molar-refractivity contribution is 5.78. The maximum Gasteiger partial charge on any atom is 0.258 e. The monoisotopic (exact) mass is 291 g/mol. The number of aliphatic hydroxyl groups is 1. The van der Waals surface area contributed by atoms with Crippen LogP contribution < -0.4 is 10.1 Å². The van der Waals surface area contributed by atoms with Crippen LogP contribution in [0.4, 0.5) is 0 Å². The summed E-state index contributed by atoms with van der Waals surface area (Å²) in [6.07, 6.45) is 3.27. The number of hydrogen-bond donors (Lipinski definition) is 2. The van der Waals surface area contributed by atoms with Crippen LogP contribution in [0.1, 0.15) is 42.4 Å². The van der Waals surface area contributed by atoms with Gasteiger partial charge < -0.3 is 15.2 Å². The second-order valence-corrected chi connectivity index (χ2v) is 6.04. The van der Waals surface area contributed by atoms with Gasteiger partial charge in [-0.25, -0.2) is 0 Å². The van der Waals surface area contributed by atoms with E-state index in [1.54, 1.807) is 0 Å². The van der Waals surface area contributed by atoms with E-state index in [0.29, 0.717) is 0 Å². The molecule has 1 fully saturated rings. The molecule has 2 rings (SSSR count). The van der Waals surface area contributed by atoms with Crippen LogP contribution in [0, 0.1) is 20.8 Å². The summed E-state index contributed by atoms with van der Waals surface area (Å²) in [6.45, 7) is 6.01. The Labute approximate surface area is 126 Å². The maximum atomic E-state index is 12.0. The minimum atomic E-state index is -0.425. The highest BCUT2D eigenvalue weighted by Crippen LogP contribution is 2.24. The standard InChI is InChI=1S/C17H25NO3/c1-11-8-12(2)17(13(3)9-11)21-10-16(20)18-14-6-4-5-7-15(14)19/h8-9,14-15,19H,4-7,10H2,1-3H3,(H,18,20). The molecular weight excluding hydrogens is 266 g/mol. The molecule has 0 saturated heterocycles. The summed E-state index contributed by atoms with van der Waals surface area (Å²) in [4.78, 5) is 12.0. The van der Waals surface area contributed by atoms with Crippen molar-refractivity contribution < 1.29 is 14.6 Å². The Morgan fingerprint density at radius 1 is 1.24 bits per heavy atom. The number of ether oxygens (including phenoxy) is 1. The van der Waals surface area contributed by atoms with E-state index in [2.05, 4.69) is 5.32 Å². The minimum absolute atomic E-state index is 0.00599. The molecule has 4 heteroatoms. The molecule has 1 aliphatic carbocycles. The number of benzene rings is 1. The van der Waals surface area contributed by atoms with Gasteiger partial charge in [-0.1, -0.05) is 30.5 Å². The summed E-state index contributed by atoms with van der Waals surface area (Å²) >= 11 is 0. The predicted molar refractivity (Wildman–Crippen MR) is 82.6 cm³/mol. The summed E-state index contributed by atoms with van der Waals surface area (Å²) in [5.41, 5.74) is 3.27. The Kier molecular flexibility index (Phi) is 5.23. The molecule has 1 aliphatic rings. The highest BCUT2D eigenvalue weighted by atomic mass is 16.5. The first-order chi connectivity index (χ1) is 9.97. The van der Waals surface area contributed by atoms with Crippen LogP contribution >= 0.6 is 0 Å². The van der Waals surface area contributed by atoms with E-state index in [1.165, 1.54) is 5.56 Å². The van der Waals surface area contributed by atoms with Gasteiger partial charge in [-0.05, 0) is 44.7 Å². The Balaban J connectivity index is 1.89. The summed E-state index contributed by atoms with van der Waals surface area (Å²) in [6, 6.07) is 3.96. The van der Waals surface area contributed by atoms with Crippen LogP contribution in [-0.4, -0.2) is 29.8 Å². The van der Waals surface area contributed by atoms with Crippen LogP contribution in [0.3, 0.4) is 0 Å². The third-order valence-corrected chi connectivity index (χ3v) is 4.03. The van der Waals surface area contributed by atoms with Crippen LogP contribution in [0.5, 0.6) is 5.75 Å². The largest absolute Gasteiger partial charge is 0.483 e. The van der Waals surface area contributed by atoms with Gasteiger partial charge in [0.05, 0.1) is 12.1 Å². The fourth-order valence-electron chi connectivity index (χ4n) is 3.06. The molecular formula is C17H25NO3. The smallest absolute Gasteiger partial charge is 0.258 e. The van der Waals surface area contributed by atoms with Gasteiger partial charge in [-0.3, -0.25) is 4.79 Å². The van der Waals surface area contributed by atoms with Crippen molar-refractivity contribution in [2.24, 2.45) is 0 Å². The molecule has 1 amide bonds. The lowest BCUT2D eigenvalue weighted by molar-refractivity contribution is -0.125. The zero-order valence-electron chi connectivity index (χ0n) is 13.1. The van der Waals surface area contributed by atoms with Gasteiger partial charge in [0.2, 0.25) is 0 Å². The lowest BCUT2D eigenvalue weighted by Gasteiger charge is -2.28. The SMILES string of the molecule is Cc1cc(C)c(OCC(=O)NC2CCCCC2O)c(C)c1. The van der Waals surface area contributed by atoms with Crippen LogP contribution in [0.2, 0.25) is 0 Å². The van der Waals surface area contributed by atoms with Crippen molar-refractivity contribution >= 4 is 5.91 Å². The molecule has 2 unspecified atom stereocenters. The van der Waals surface area contributed by atoms with Crippen molar-refractivity contribution in [2.75, 3.05) is 6.61 Å². The molecule has 116 valence electrons. The Hall–Kier alpha value is -1.55. The van der Waals surface area contributed by atoms with E-state index in [-0.39, 0.29) is 18.6 Å². The molecule has 0 spiro atoms. The summed E-state index contributed by atoms with van der Waals surface area (Å²) < 4.78 is 5.67. The van der Waals surface area contributed by atoms with E-state index < -0.39 is 6.10 Å². The number of nitrogens with one attached hydrogen (secondary N) is 1. The number of amides is 1. The normalized spacial score (nSPS) is 21.9. The third kappa shape index (κ3) is 4.21. The molecule has 2 atom stereocenters. The van der Waals surface area contributed by atoms with E-state index in [1.807, 2.05) is 32.9 Å². The van der Waals surface area contributed by atoms with Crippen molar-refractivity contribution in [3.8, 4) is 5.75 Å². The number of hydrogen-bond acceptors (Lipinski definition) is 3. The molecule has 0 heterocycles. The van der Waals surface area contributed by atoms with Crippen molar-refractivity contribution in [2.45, 2.75) is 58.6 Å². The lowest BCUT2D eigenvalue weighted by atomic mass is 9.92. The zero-order valence-corrected chi connectivity index (χ0v) is 13.1. The Bertz CT molecular complexity index is 490. The summed E-state index contributed by atoms with van der Waals surface area (Å²) in [5.74, 6) is 0.611. The second kappa shape index (κ2) is 6.94. The molecule has 2 N–H and O–H groups in total. The van der Waals surface area contributed by atoms with Gasteiger partial charge in [-0.15, -0.1) is 0 Å². The first-order valence-corrected chi connectivity index (χ1v) is 7.65. The van der Waals surface area contributed by atoms with E-state index in [9.17, 15) is 9.90 Å². The summed E-state index contributed by atoms with van der Waals surface area (Å²) in [5, 5.41) is 12.7. The number of aliphatic hydroxyl groups excluding tert-OH is 1. The molecule has 1 aromatic carbocycles. The van der Waals surface area contributed by atoms with Crippen LogP contribution in [0.25, 0.3) is 0 Å². The van der Waals surface area contributed by atoms with Crippen molar-refractivity contribution in [3.05, 3.63) is 28.8 Å². The van der Waals surface area contributed by atoms with E-state index in [4.69, 9.17) is 4.74 Å². The molecule has 1 saturated carbocycles. The number of aryl methyl sites for hydroxylation is 3. The quantitative estimate of drug-likeness (QED) is 0.895. The number of carbonyl (C=O) groups is 1. The van der Waals surface area contributed by atoms with Crippen molar-refractivity contribution in [3.63, 3.8) is 0 Å². The number of carbonyl (C=O) groups excluding carboxylic acids is 1.